The third kappa shape index (κ3) is 5.38. The lowest BCUT2D eigenvalue weighted by atomic mass is 10.3. The maximum Gasteiger partial charge on any atom is 0.133 e. The molecule has 3 nitrogen and oxygen atoms in total. The molecule has 1 atom stereocenters. The number of aliphatic hydroxyl groups is 1. The highest BCUT2D eigenvalue weighted by Gasteiger charge is 2.31. The molecule has 1 rings (SSSR count). The van der Waals surface area contributed by atoms with Crippen molar-refractivity contribution in [3.05, 3.63) is 30.1 Å². The fourth-order valence-electron chi connectivity index (χ4n) is 2.42. The number of unbranched alkanes of at least 4 members (excludes halogenated alkanes) is 4. The molecule has 0 aliphatic rings. The maximum atomic E-state index is 13.2. The van der Waals surface area contributed by atoms with Gasteiger partial charge in [0.1, 0.15) is 13.0 Å². The van der Waals surface area contributed by atoms with E-state index >= 15 is 0 Å². The van der Waals surface area contributed by atoms with Gasteiger partial charge in [-0.2, -0.15) is 0 Å². The summed E-state index contributed by atoms with van der Waals surface area (Å²) in [6, 6.07) is 3.62. The summed E-state index contributed by atoms with van der Waals surface area (Å²) in [5.41, 5.74) is 0.698. The highest BCUT2D eigenvalue weighted by molar-refractivity contribution is 7.64. The van der Waals surface area contributed by atoms with Crippen molar-refractivity contribution in [3.8, 4) is 0 Å². The van der Waals surface area contributed by atoms with Gasteiger partial charge in [0.25, 0.3) is 0 Å². The van der Waals surface area contributed by atoms with Crippen LogP contribution in [0.5, 0.6) is 0 Å². The fraction of sp³-hybridized carbons (Fsp3) is 0.688. The van der Waals surface area contributed by atoms with Gasteiger partial charge in [0.2, 0.25) is 0 Å². The lowest BCUT2D eigenvalue weighted by Gasteiger charge is -2.24. The van der Waals surface area contributed by atoms with Crippen molar-refractivity contribution in [2.45, 2.75) is 58.2 Å². The van der Waals surface area contributed by atoms with Gasteiger partial charge in [0, 0.05) is 30.3 Å². The van der Waals surface area contributed by atoms with Crippen molar-refractivity contribution < 1.29 is 9.67 Å². The van der Waals surface area contributed by atoms with Crippen LogP contribution in [0.2, 0.25) is 0 Å². The highest BCUT2D eigenvalue weighted by atomic mass is 31.2. The largest absolute Gasteiger partial charge is 0.381 e. The molecule has 0 aliphatic heterocycles. The van der Waals surface area contributed by atoms with Crippen LogP contribution in [0.3, 0.4) is 0 Å². The third-order valence-corrected chi connectivity index (χ3v) is 7.04. The van der Waals surface area contributed by atoms with Crippen LogP contribution in [0, 0.1) is 0 Å². The molecule has 0 amide bonds. The summed E-state index contributed by atoms with van der Waals surface area (Å²) in [7, 11) is -2.58. The van der Waals surface area contributed by atoms with Crippen molar-refractivity contribution >= 4 is 7.14 Å². The molecule has 0 spiro atoms. The predicted molar refractivity (Wildman–Crippen MR) is 85.6 cm³/mol. The second-order valence-electron chi connectivity index (χ2n) is 5.47. The summed E-state index contributed by atoms with van der Waals surface area (Å²) in [6.45, 7) is 4.28. The quantitative estimate of drug-likeness (QED) is 0.498. The molecule has 0 bridgehead atoms. The summed E-state index contributed by atoms with van der Waals surface area (Å²) < 4.78 is 13.2. The monoisotopic (exact) mass is 297 g/mol. The number of hydrogen-bond donors (Lipinski definition) is 1. The maximum absolute atomic E-state index is 13.2. The molecule has 1 aromatic rings. The van der Waals surface area contributed by atoms with E-state index in [1.165, 1.54) is 0 Å². The highest BCUT2D eigenvalue weighted by Crippen LogP contribution is 2.58. The first-order valence-corrected chi connectivity index (χ1v) is 9.94. The van der Waals surface area contributed by atoms with Crippen LogP contribution in [0.1, 0.15) is 63.8 Å². The van der Waals surface area contributed by atoms with Crippen LogP contribution in [-0.2, 0) is 4.57 Å². The van der Waals surface area contributed by atoms with Gasteiger partial charge in [0.15, 0.2) is 0 Å². The summed E-state index contributed by atoms with van der Waals surface area (Å²) >= 11 is 0. The van der Waals surface area contributed by atoms with E-state index in [1.54, 1.807) is 18.5 Å². The average Bonchev–Trinajstić information content (AvgIpc) is 2.48. The molecule has 4 heteroatoms. The number of pyridine rings is 1. The van der Waals surface area contributed by atoms with Gasteiger partial charge in [-0.25, -0.2) is 0 Å². The topological polar surface area (TPSA) is 50.2 Å². The zero-order chi connectivity index (χ0) is 14.8. The molecule has 1 aromatic heterocycles. The molecular formula is C16H28NO2P. The lowest BCUT2D eigenvalue weighted by molar-refractivity contribution is 0.251. The van der Waals surface area contributed by atoms with Gasteiger partial charge in [-0.3, -0.25) is 4.98 Å². The SMILES string of the molecule is CCCCCP(=O)(CCCCC)C(O)c1cccnc1. The van der Waals surface area contributed by atoms with Gasteiger partial charge in [-0.05, 0) is 18.9 Å². The summed E-state index contributed by atoms with van der Waals surface area (Å²) in [5.74, 6) is -0.843. The lowest BCUT2D eigenvalue weighted by Crippen LogP contribution is -2.07. The summed E-state index contributed by atoms with van der Waals surface area (Å²) in [4.78, 5) is 4.03. The average molecular weight is 297 g/mol. The number of hydrogen-bond acceptors (Lipinski definition) is 3. The van der Waals surface area contributed by atoms with Gasteiger partial charge in [-0.15, -0.1) is 0 Å². The molecule has 0 radical (unpaired) electrons. The van der Waals surface area contributed by atoms with Gasteiger partial charge >= 0.3 is 0 Å². The molecule has 20 heavy (non-hydrogen) atoms. The van der Waals surface area contributed by atoms with Gasteiger partial charge < -0.3 is 9.67 Å². The minimum atomic E-state index is -2.58. The van der Waals surface area contributed by atoms with Crippen molar-refractivity contribution in [2.75, 3.05) is 12.3 Å². The Balaban J connectivity index is 2.77. The molecule has 0 saturated heterocycles. The first-order chi connectivity index (χ1) is 9.64. The van der Waals surface area contributed by atoms with E-state index < -0.39 is 13.0 Å². The molecule has 0 aliphatic carbocycles. The first-order valence-electron chi connectivity index (χ1n) is 7.79. The molecule has 0 fully saturated rings. The Morgan fingerprint density at radius 1 is 1.15 bits per heavy atom. The van der Waals surface area contributed by atoms with Crippen LogP contribution in [0.25, 0.3) is 0 Å². The molecule has 0 aromatic carbocycles. The molecule has 1 N–H and O–H groups in total. The second kappa shape index (κ2) is 9.31. The van der Waals surface area contributed by atoms with E-state index in [-0.39, 0.29) is 0 Å². The zero-order valence-electron chi connectivity index (χ0n) is 12.8. The second-order valence-corrected chi connectivity index (χ2v) is 8.76. The Morgan fingerprint density at radius 2 is 1.75 bits per heavy atom. The van der Waals surface area contributed by atoms with Gasteiger partial charge in [0.05, 0.1) is 0 Å². The van der Waals surface area contributed by atoms with Crippen molar-refractivity contribution in [2.24, 2.45) is 0 Å². The van der Waals surface area contributed by atoms with Crippen molar-refractivity contribution in [3.63, 3.8) is 0 Å². The zero-order valence-corrected chi connectivity index (χ0v) is 13.7. The minimum absolute atomic E-state index is 0.653. The van der Waals surface area contributed by atoms with E-state index in [9.17, 15) is 9.67 Å². The van der Waals surface area contributed by atoms with Crippen LogP contribution in [0.15, 0.2) is 24.5 Å². The third-order valence-electron chi connectivity index (χ3n) is 3.71. The Morgan fingerprint density at radius 3 is 2.20 bits per heavy atom. The van der Waals surface area contributed by atoms with E-state index in [0.717, 1.165) is 38.5 Å². The summed E-state index contributed by atoms with van der Waals surface area (Å²) in [5, 5.41) is 10.5. The first kappa shape index (κ1) is 17.4. The number of aliphatic hydroxyl groups excluding tert-OH is 1. The minimum Gasteiger partial charge on any atom is -0.381 e. The normalized spacial score (nSPS) is 13.3. The number of nitrogens with zero attached hydrogens (tertiary/aromatic N) is 1. The molecular weight excluding hydrogens is 269 g/mol. The molecule has 114 valence electrons. The van der Waals surface area contributed by atoms with E-state index in [0.29, 0.717) is 17.9 Å². The molecule has 0 saturated carbocycles. The van der Waals surface area contributed by atoms with Crippen LogP contribution >= 0.6 is 7.14 Å². The standard InChI is InChI=1S/C16H28NO2P/c1-3-5-7-12-20(19,13-8-6-4-2)16(18)15-10-9-11-17-14-15/h9-11,14,16,18H,3-8,12-13H2,1-2H3. The van der Waals surface area contributed by atoms with Crippen molar-refractivity contribution in [1.29, 1.82) is 0 Å². The smallest absolute Gasteiger partial charge is 0.133 e. The van der Waals surface area contributed by atoms with Crippen molar-refractivity contribution in [1.82, 2.24) is 4.98 Å². The Labute approximate surface area is 123 Å². The van der Waals surface area contributed by atoms with Crippen LogP contribution in [0.4, 0.5) is 0 Å². The van der Waals surface area contributed by atoms with Crippen LogP contribution in [-0.4, -0.2) is 22.4 Å². The summed E-state index contributed by atoms with van der Waals surface area (Å²) in [6.07, 6.45) is 10.9. The number of aromatic nitrogens is 1. The Hall–Kier alpha value is -0.660. The fourth-order valence-corrected chi connectivity index (χ4v) is 5.34. The Bertz CT molecular complexity index is 394. The van der Waals surface area contributed by atoms with E-state index in [2.05, 4.69) is 18.8 Å². The van der Waals surface area contributed by atoms with E-state index in [1.807, 2.05) is 6.07 Å². The van der Waals surface area contributed by atoms with Gasteiger partial charge in [-0.1, -0.05) is 45.6 Å². The molecule has 1 unspecified atom stereocenters. The number of rotatable bonds is 10. The van der Waals surface area contributed by atoms with E-state index in [4.69, 9.17) is 0 Å². The predicted octanol–water partition coefficient (Wildman–Crippen LogP) is 4.82. The molecule has 1 heterocycles. The Kier molecular flexibility index (Phi) is 8.09. The van der Waals surface area contributed by atoms with Crippen LogP contribution < -0.4 is 0 Å².